The zero-order chi connectivity index (χ0) is 13.9. The Labute approximate surface area is 100 Å². The van der Waals surface area contributed by atoms with Gasteiger partial charge in [0.25, 0.3) is 11.4 Å². The van der Waals surface area contributed by atoms with Gasteiger partial charge in [0.15, 0.2) is 0 Å². The summed E-state index contributed by atoms with van der Waals surface area (Å²) in [5.41, 5.74) is -2.01. The summed E-state index contributed by atoms with van der Waals surface area (Å²) in [6.07, 6.45) is 0. The van der Waals surface area contributed by atoms with Gasteiger partial charge in [-0.25, -0.2) is 4.79 Å². The third-order valence-electron chi connectivity index (χ3n) is 2.09. The minimum atomic E-state index is -1.47. The molecular formula is C9H9N3O6. The third kappa shape index (κ3) is 2.51. The van der Waals surface area contributed by atoms with Crippen molar-refractivity contribution in [2.24, 2.45) is 0 Å². The Morgan fingerprint density at radius 2 is 1.94 bits per heavy atom. The number of nitro benzene ring substituents is 2. The average molecular weight is 255 g/mol. The maximum absolute atomic E-state index is 11.0. The van der Waals surface area contributed by atoms with E-state index in [1.54, 1.807) is 6.92 Å². The molecule has 0 unspecified atom stereocenters. The van der Waals surface area contributed by atoms with Crippen LogP contribution in [0.1, 0.15) is 17.3 Å². The smallest absolute Gasteiger partial charge is 0.338 e. The summed E-state index contributed by atoms with van der Waals surface area (Å²) < 4.78 is 0. The highest BCUT2D eigenvalue weighted by atomic mass is 16.6. The van der Waals surface area contributed by atoms with Crippen molar-refractivity contribution in [3.63, 3.8) is 0 Å². The molecule has 2 N–H and O–H groups in total. The number of carboxylic acids is 1. The first-order valence-electron chi connectivity index (χ1n) is 4.82. The molecule has 0 aliphatic heterocycles. The number of hydrogen-bond acceptors (Lipinski definition) is 6. The predicted octanol–water partition coefficient (Wildman–Crippen LogP) is 1.63. The van der Waals surface area contributed by atoms with E-state index in [0.29, 0.717) is 0 Å². The Hall–Kier alpha value is -2.71. The van der Waals surface area contributed by atoms with Gasteiger partial charge in [0.2, 0.25) is 0 Å². The predicted molar refractivity (Wildman–Crippen MR) is 60.9 cm³/mol. The lowest BCUT2D eigenvalue weighted by molar-refractivity contribution is -0.393. The number of rotatable bonds is 5. The first kappa shape index (κ1) is 13.4. The lowest BCUT2D eigenvalue weighted by Crippen LogP contribution is -2.09. The average Bonchev–Trinajstić information content (AvgIpc) is 2.28. The summed E-state index contributed by atoms with van der Waals surface area (Å²) in [5.74, 6) is -1.47. The molecule has 0 spiro atoms. The Morgan fingerprint density at radius 3 is 2.33 bits per heavy atom. The summed E-state index contributed by atoms with van der Waals surface area (Å²) in [7, 11) is 0. The Kier molecular flexibility index (Phi) is 3.77. The molecule has 9 heteroatoms. The molecule has 0 saturated heterocycles. The van der Waals surface area contributed by atoms with Crippen LogP contribution in [0.15, 0.2) is 12.1 Å². The molecule has 9 nitrogen and oxygen atoms in total. The Balaban J connectivity index is 3.59. The number of nitrogens with zero attached hydrogens (tertiary/aromatic N) is 2. The summed E-state index contributed by atoms with van der Waals surface area (Å²) in [6, 6.07) is 1.51. The van der Waals surface area contributed by atoms with Gasteiger partial charge in [0.1, 0.15) is 5.69 Å². The summed E-state index contributed by atoms with van der Waals surface area (Å²) in [6.45, 7) is 1.87. The molecule has 0 amide bonds. The molecule has 0 radical (unpaired) electrons. The van der Waals surface area contributed by atoms with Gasteiger partial charge in [-0.1, -0.05) is 0 Å². The van der Waals surface area contributed by atoms with Crippen LogP contribution in [0.4, 0.5) is 17.1 Å². The fourth-order valence-electron chi connectivity index (χ4n) is 1.39. The zero-order valence-electron chi connectivity index (χ0n) is 9.24. The van der Waals surface area contributed by atoms with Crippen LogP contribution in [0.25, 0.3) is 0 Å². The number of carbonyl (C=O) groups is 1. The van der Waals surface area contributed by atoms with Crippen molar-refractivity contribution < 1.29 is 19.7 Å². The molecule has 18 heavy (non-hydrogen) atoms. The largest absolute Gasteiger partial charge is 0.478 e. The summed E-state index contributed by atoms with van der Waals surface area (Å²) in [5, 5.41) is 32.8. The van der Waals surface area contributed by atoms with Crippen molar-refractivity contribution in [2.45, 2.75) is 6.92 Å². The molecule has 0 bridgehead atoms. The fraction of sp³-hybridized carbons (Fsp3) is 0.222. The molecular weight excluding hydrogens is 246 g/mol. The van der Waals surface area contributed by atoms with E-state index in [9.17, 15) is 25.0 Å². The van der Waals surface area contributed by atoms with E-state index < -0.39 is 32.8 Å². The van der Waals surface area contributed by atoms with Gasteiger partial charge >= 0.3 is 5.97 Å². The van der Waals surface area contributed by atoms with Gasteiger partial charge in [0, 0.05) is 12.6 Å². The standard InChI is InChI=1S/C9H9N3O6/c1-2-10-8-6(9(13)14)3-5(11(15)16)4-7(8)12(17)18/h3-4,10H,2H2,1H3,(H,13,14). The number of carboxylic acid groups (broad SMARTS) is 1. The van der Waals surface area contributed by atoms with Gasteiger partial charge in [-0.05, 0) is 6.92 Å². The molecule has 1 aromatic rings. The van der Waals surface area contributed by atoms with Crippen molar-refractivity contribution in [3.8, 4) is 0 Å². The Morgan fingerprint density at radius 1 is 1.33 bits per heavy atom. The zero-order valence-corrected chi connectivity index (χ0v) is 9.24. The van der Waals surface area contributed by atoms with Gasteiger partial charge in [-0.3, -0.25) is 20.2 Å². The normalized spacial score (nSPS) is 9.83. The minimum Gasteiger partial charge on any atom is -0.478 e. The fourth-order valence-corrected chi connectivity index (χ4v) is 1.39. The van der Waals surface area contributed by atoms with E-state index in [2.05, 4.69) is 5.32 Å². The van der Waals surface area contributed by atoms with Crippen molar-refractivity contribution >= 4 is 23.0 Å². The summed E-state index contributed by atoms with van der Waals surface area (Å²) >= 11 is 0. The highest BCUT2D eigenvalue weighted by Gasteiger charge is 2.26. The highest BCUT2D eigenvalue weighted by molar-refractivity contribution is 5.98. The van der Waals surface area contributed by atoms with Gasteiger partial charge in [0.05, 0.1) is 21.5 Å². The van der Waals surface area contributed by atoms with Crippen LogP contribution >= 0.6 is 0 Å². The van der Waals surface area contributed by atoms with E-state index >= 15 is 0 Å². The maximum Gasteiger partial charge on any atom is 0.338 e. The highest BCUT2D eigenvalue weighted by Crippen LogP contribution is 2.33. The van der Waals surface area contributed by atoms with Crippen LogP contribution in [-0.2, 0) is 0 Å². The van der Waals surface area contributed by atoms with Crippen LogP contribution < -0.4 is 5.32 Å². The van der Waals surface area contributed by atoms with Crippen LogP contribution in [0, 0.1) is 20.2 Å². The third-order valence-corrected chi connectivity index (χ3v) is 2.09. The Bertz CT molecular complexity index is 492. The van der Waals surface area contributed by atoms with Crippen molar-refractivity contribution in [1.82, 2.24) is 0 Å². The van der Waals surface area contributed by atoms with Crippen molar-refractivity contribution in [1.29, 1.82) is 0 Å². The molecule has 96 valence electrons. The maximum atomic E-state index is 11.0. The molecule has 0 atom stereocenters. The molecule has 0 aromatic heterocycles. The second-order valence-electron chi connectivity index (χ2n) is 3.24. The molecule has 0 fully saturated rings. The number of non-ortho nitro benzene ring substituents is 1. The number of benzene rings is 1. The van der Waals surface area contributed by atoms with E-state index in [0.717, 1.165) is 12.1 Å². The van der Waals surface area contributed by atoms with E-state index in [1.165, 1.54) is 0 Å². The molecule has 0 saturated carbocycles. The number of hydrogen-bond donors (Lipinski definition) is 2. The SMILES string of the molecule is CCNc1c(C(=O)O)cc([N+](=O)[O-])cc1[N+](=O)[O-]. The van der Waals surface area contributed by atoms with Crippen LogP contribution in [-0.4, -0.2) is 27.5 Å². The lowest BCUT2D eigenvalue weighted by Gasteiger charge is -2.07. The number of nitro groups is 2. The van der Waals surface area contributed by atoms with Gasteiger partial charge in [-0.15, -0.1) is 0 Å². The topological polar surface area (TPSA) is 136 Å². The second-order valence-corrected chi connectivity index (χ2v) is 3.24. The lowest BCUT2D eigenvalue weighted by atomic mass is 10.1. The molecule has 0 aliphatic rings. The van der Waals surface area contributed by atoms with E-state index in [4.69, 9.17) is 5.11 Å². The number of aromatic carboxylic acids is 1. The van der Waals surface area contributed by atoms with Gasteiger partial charge in [-0.2, -0.15) is 0 Å². The van der Waals surface area contributed by atoms with E-state index in [-0.39, 0.29) is 12.2 Å². The summed E-state index contributed by atoms with van der Waals surface area (Å²) in [4.78, 5) is 30.6. The quantitative estimate of drug-likeness (QED) is 0.602. The first-order valence-corrected chi connectivity index (χ1v) is 4.82. The van der Waals surface area contributed by atoms with Crippen LogP contribution in [0.5, 0.6) is 0 Å². The van der Waals surface area contributed by atoms with Crippen LogP contribution in [0.3, 0.4) is 0 Å². The molecule has 0 heterocycles. The molecule has 1 aromatic carbocycles. The van der Waals surface area contributed by atoms with Crippen molar-refractivity contribution in [3.05, 3.63) is 37.9 Å². The second kappa shape index (κ2) is 5.08. The van der Waals surface area contributed by atoms with E-state index in [1.807, 2.05) is 0 Å². The van der Waals surface area contributed by atoms with Crippen LogP contribution in [0.2, 0.25) is 0 Å². The monoisotopic (exact) mass is 255 g/mol. The molecule has 0 aliphatic carbocycles. The van der Waals surface area contributed by atoms with Crippen molar-refractivity contribution in [2.75, 3.05) is 11.9 Å². The number of nitrogens with one attached hydrogen (secondary N) is 1. The first-order chi connectivity index (χ1) is 8.38. The minimum absolute atomic E-state index is 0.236. The number of anilines is 1. The van der Waals surface area contributed by atoms with Gasteiger partial charge < -0.3 is 10.4 Å². The molecule has 1 rings (SSSR count).